The molecule has 0 aliphatic carbocycles. The highest BCUT2D eigenvalue weighted by Crippen LogP contribution is 2.13. The molecule has 0 bridgehead atoms. The second-order valence-corrected chi connectivity index (χ2v) is 6.95. The van der Waals surface area contributed by atoms with Crippen molar-refractivity contribution >= 4 is 6.03 Å². The fourth-order valence-corrected chi connectivity index (χ4v) is 2.91. The molecule has 0 heterocycles. The van der Waals surface area contributed by atoms with Gasteiger partial charge in [-0.3, -0.25) is 0 Å². The Morgan fingerprint density at radius 3 is 2.46 bits per heavy atom. The van der Waals surface area contributed by atoms with Gasteiger partial charge in [0.1, 0.15) is 11.6 Å². The number of nitrogens with one attached hydrogen (secondary N) is 2. The Morgan fingerprint density at radius 1 is 1.11 bits per heavy atom. The number of phenols is 1. The first-order valence-electron chi connectivity index (χ1n) is 9.23. The van der Waals surface area contributed by atoms with Gasteiger partial charge in [0, 0.05) is 19.1 Å². The van der Waals surface area contributed by atoms with Crippen molar-refractivity contribution in [1.29, 1.82) is 0 Å². The number of halogens is 1. The lowest BCUT2D eigenvalue weighted by Gasteiger charge is -2.25. The summed E-state index contributed by atoms with van der Waals surface area (Å²) in [5, 5.41) is 24.3. The van der Waals surface area contributed by atoms with E-state index < -0.39 is 0 Å². The minimum Gasteiger partial charge on any atom is -0.508 e. The highest BCUT2D eigenvalue weighted by atomic mass is 19.1. The summed E-state index contributed by atoms with van der Waals surface area (Å²) in [5.74, 6) is -0.157. The highest BCUT2D eigenvalue weighted by Gasteiger charge is 2.14. The van der Waals surface area contributed by atoms with E-state index in [0.717, 1.165) is 17.5 Å². The second-order valence-electron chi connectivity index (χ2n) is 6.95. The predicted octanol–water partition coefficient (Wildman–Crippen LogP) is 2.04. The maximum Gasteiger partial charge on any atom is 0.314 e. The van der Waals surface area contributed by atoms with Gasteiger partial charge in [-0.05, 0) is 67.9 Å². The minimum absolute atomic E-state index is 0.105. The van der Waals surface area contributed by atoms with Crippen LogP contribution in [0.5, 0.6) is 5.75 Å². The van der Waals surface area contributed by atoms with Crippen LogP contribution in [0.4, 0.5) is 9.18 Å². The van der Waals surface area contributed by atoms with E-state index >= 15 is 0 Å². The molecule has 0 aliphatic rings. The van der Waals surface area contributed by atoms with E-state index in [1.54, 1.807) is 18.2 Å². The molecule has 7 heteroatoms. The first kappa shape index (κ1) is 21.7. The van der Waals surface area contributed by atoms with Crippen LogP contribution in [0.3, 0.4) is 0 Å². The zero-order valence-electron chi connectivity index (χ0n) is 16.3. The molecular formula is C21H28FN3O3. The Balaban J connectivity index is 1.79. The molecule has 4 N–H and O–H groups in total. The summed E-state index contributed by atoms with van der Waals surface area (Å²) >= 11 is 0. The number of amides is 2. The molecule has 0 spiro atoms. The zero-order valence-corrected chi connectivity index (χ0v) is 16.3. The number of nitrogens with zero attached hydrogens (tertiary/aromatic N) is 1. The van der Waals surface area contributed by atoms with Gasteiger partial charge >= 0.3 is 6.03 Å². The Kier molecular flexibility index (Phi) is 8.22. The third-order valence-corrected chi connectivity index (χ3v) is 4.65. The summed E-state index contributed by atoms with van der Waals surface area (Å²) < 4.78 is 13.2. The molecule has 0 aliphatic heterocycles. The third-order valence-electron chi connectivity index (χ3n) is 4.65. The number of hydrogen-bond acceptors (Lipinski definition) is 4. The third kappa shape index (κ3) is 6.83. The Bertz CT molecular complexity index is 766. The van der Waals surface area contributed by atoms with E-state index in [-0.39, 0.29) is 30.2 Å². The molecular weight excluding hydrogens is 361 g/mol. The first-order valence-corrected chi connectivity index (χ1v) is 9.23. The molecule has 2 aromatic rings. The fraction of sp³-hybridized carbons (Fsp3) is 0.381. The number of benzene rings is 2. The molecule has 0 saturated carbocycles. The minimum atomic E-state index is -0.387. The normalized spacial score (nSPS) is 12.0. The Morgan fingerprint density at radius 2 is 1.82 bits per heavy atom. The maximum atomic E-state index is 13.2. The van der Waals surface area contributed by atoms with Gasteiger partial charge in [0.2, 0.25) is 0 Å². The molecule has 1 atom stereocenters. The molecule has 6 nitrogen and oxygen atoms in total. The number of aromatic hydroxyl groups is 1. The first-order chi connectivity index (χ1) is 13.4. The van der Waals surface area contributed by atoms with Crippen molar-refractivity contribution in [3.8, 4) is 5.75 Å². The average molecular weight is 389 g/mol. The van der Waals surface area contributed by atoms with Crippen molar-refractivity contribution in [3.63, 3.8) is 0 Å². The Hall–Kier alpha value is -2.64. The van der Waals surface area contributed by atoms with Crippen LogP contribution in [0.15, 0.2) is 42.5 Å². The number of aliphatic hydroxyl groups excluding tert-OH is 1. The number of likely N-dealkylation sites (N-methyl/N-ethyl adjacent to an activating group) is 1. The van der Waals surface area contributed by atoms with Crippen molar-refractivity contribution in [2.75, 3.05) is 27.2 Å². The van der Waals surface area contributed by atoms with Crippen LogP contribution >= 0.6 is 0 Å². The van der Waals surface area contributed by atoms with Crippen molar-refractivity contribution in [1.82, 2.24) is 15.5 Å². The van der Waals surface area contributed by atoms with E-state index in [2.05, 4.69) is 10.6 Å². The van der Waals surface area contributed by atoms with E-state index in [9.17, 15) is 19.4 Å². The van der Waals surface area contributed by atoms with Crippen LogP contribution in [0.25, 0.3) is 0 Å². The van der Waals surface area contributed by atoms with Crippen molar-refractivity contribution < 1.29 is 19.4 Å². The fourth-order valence-electron chi connectivity index (χ4n) is 2.91. The summed E-state index contributed by atoms with van der Waals surface area (Å²) in [6.07, 6.45) is 1.25. The lowest BCUT2D eigenvalue weighted by molar-refractivity contribution is 0.232. The summed E-state index contributed by atoms with van der Waals surface area (Å²) in [6.45, 7) is 0.619. The highest BCUT2D eigenvalue weighted by molar-refractivity contribution is 5.73. The zero-order chi connectivity index (χ0) is 20.5. The van der Waals surface area contributed by atoms with Crippen molar-refractivity contribution in [2.45, 2.75) is 25.5 Å². The van der Waals surface area contributed by atoms with Crippen molar-refractivity contribution in [3.05, 3.63) is 65.0 Å². The summed E-state index contributed by atoms with van der Waals surface area (Å²) in [4.78, 5) is 14.1. The number of carbonyl (C=O) groups excluding carboxylic acids is 1. The standard InChI is InChI=1S/C21H28FN3O3/c1-25(2)19(11-15-3-7-20(27)8-4-15)13-24-21(28)23-10-9-16-5-6-18(22)12-17(16)14-26/h3-8,12,19,26-27H,9-11,13-14H2,1-2H3,(H2,23,24,28)/t19-/m0/s1. The van der Waals surface area contributed by atoms with Crippen LogP contribution in [0, 0.1) is 5.82 Å². The number of carbonyl (C=O) groups is 1. The molecule has 0 unspecified atom stereocenters. The average Bonchev–Trinajstić information content (AvgIpc) is 2.67. The van der Waals surface area contributed by atoms with Gasteiger partial charge in [0.25, 0.3) is 0 Å². The SMILES string of the molecule is CN(C)[C@H](CNC(=O)NCCc1ccc(F)cc1CO)Cc1ccc(O)cc1. The molecule has 152 valence electrons. The van der Waals surface area contributed by atoms with Crippen LogP contribution in [0.1, 0.15) is 16.7 Å². The van der Waals surface area contributed by atoms with Gasteiger partial charge in [-0.15, -0.1) is 0 Å². The quantitative estimate of drug-likeness (QED) is 0.529. The van der Waals surface area contributed by atoms with Gasteiger partial charge in [0.15, 0.2) is 0 Å². The lowest BCUT2D eigenvalue weighted by Crippen LogP contribution is -2.45. The number of rotatable bonds is 9. The van der Waals surface area contributed by atoms with Crippen LogP contribution in [-0.4, -0.2) is 54.4 Å². The number of phenolic OH excluding ortho intramolecular Hbond substituents is 1. The van der Waals surface area contributed by atoms with E-state index in [1.807, 2.05) is 31.1 Å². The second kappa shape index (κ2) is 10.6. The summed E-state index contributed by atoms with van der Waals surface area (Å²) in [6, 6.07) is 11.1. The van der Waals surface area contributed by atoms with Crippen LogP contribution in [0.2, 0.25) is 0 Å². The molecule has 2 rings (SSSR count). The van der Waals surface area contributed by atoms with Gasteiger partial charge in [-0.1, -0.05) is 18.2 Å². The monoisotopic (exact) mass is 389 g/mol. The number of urea groups is 1. The van der Waals surface area contributed by atoms with Crippen LogP contribution < -0.4 is 10.6 Å². The molecule has 0 aromatic heterocycles. The topological polar surface area (TPSA) is 84.8 Å². The van der Waals surface area contributed by atoms with Gasteiger partial charge in [-0.25, -0.2) is 9.18 Å². The smallest absolute Gasteiger partial charge is 0.314 e. The molecule has 0 fully saturated rings. The molecule has 0 saturated heterocycles. The van der Waals surface area contributed by atoms with Gasteiger partial charge in [-0.2, -0.15) is 0 Å². The van der Waals surface area contributed by atoms with Gasteiger partial charge < -0.3 is 25.7 Å². The number of aliphatic hydroxyl groups is 1. The van der Waals surface area contributed by atoms with E-state index in [0.29, 0.717) is 25.1 Å². The predicted molar refractivity (Wildman–Crippen MR) is 107 cm³/mol. The Labute approximate surface area is 165 Å². The molecule has 2 aromatic carbocycles. The van der Waals surface area contributed by atoms with E-state index in [1.165, 1.54) is 12.1 Å². The van der Waals surface area contributed by atoms with E-state index in [4.69, 9.17) is 0 Å². The largest absolute Gasteiger partial charge is 0.508 e. The molecule has 2 amide bonds. The van der Waals surface area contributed by atoms with Crippen LogP contribution in [-0.2, 0) is 19.4 Å². The molecule has 28 heavy (non-hydrogen) atoms. The number of hydrogen-bond donors (Lipinski definition) is 4. The molecule has 0 radical (unpaired) electrons. The lowest BCUT2D eigenvalue weighted by atomic mass is 10.0. The summed E-state index contributed by atoms with van der Waals surface area (Å²) in [7, 11) is 3.91. The van der Waals surface area contributed by atoms with Crippen molar-refractivity contribution in [2.24, 2.45) is 0 Å². The maximum absolute atomic E-state index is 13.2. The van der Waals surface area contributed by atoms with Gasteiger partial charge in [0.05, 0.1) is 6.61 Å². The summed E-state index contributed by atoms with van der Waals surface area (Å²) in [5.41, 5.74) is 2.41.